The summed E-state index contributed by atoms with van der Waals surface area (Å²) < 4.78 is 7.03. The zero-order valence-corrected chi connectivity index (χ0v) is 11.3. The highest BCUT2D eigenvalue weighted by molar-refractivity contribution is 5.66. The second-order valence-corrected chi connectivity index (χ2v) is 4.45. The third-order valence-corrected chi connectivity index (χ3v) is 2.77. The van der Waals surface area contributed by atoms with Gasteiger partial charge in [0.1, 0.15) is 6.54 Å². The number of aryl methyl sites for hydroxylation is 2. The first-order valence-electron chi connectivity index (χ1n) is 6.59. The Kier molecular flexibility index (Phi) is 4.80. The van der Waals surface area contributed by atoms with Crippen molar-refractivity contribution in [3.05, 3.63) is 23.7 Å². The Hall–Kier alpha value is -2.25. The Morgan fingerprint density at radius 3 is 2.80 bits per heavy atom. The molecule has 0 saturated carbocycles. The number of rotatable bonds is 8. The van der Waals surface area contributed by atoms with E-state index in [1.165, 1.54) is 0 Å². The van der Waals surface area contributed by atoms with Crippen molar-refractivity contribution in [2.75, 3.05) is 0 Å². The van der Waals surface area contributed by atoms with Gasteiger partial charge in [0.2, 0.25) is 11.8 Å². The van der Waals surface area contributed by atoms with Gasteiger partial charge in [-0.15, -0.1) is 15.3 Å². The Morgan fingerprint density at radius 1 is 1.30 bits per heavy atom. The molecule has 0 saturated heterocycles. The van der Waals surface area contributed by atoms with Crippen molar-refractivity contribution < 1.29 is 14.3 Å². The normalized spacial score (nSPS) is 10.8. The minimum atomic E-state index is -0.767. The summed E-state index contributed by atoms with van der Waals surface area (Å²) in [5.41, 5.74) is 0.839. The van der Waals surface area contributed by atoms with Crippen molar-refractivity contribution >= 4 is 5.97 Å². The number of hydrogen-bond donors (Lipinski definition) is 1. The Balaban J connectivity index is 1.81. The molecule has 108 valence electrons. The molecule has 0 spiro atoms. The first kappa shape index (κ1) is 14.2. The molecule has 0 aromatic carbocycles. The van der Waals surface area contributed by atoms with Gasteiger partial charge in [-0.1, -0.05) is 12.1 Å². The molecular weight excluding hydrogens is 262 g/mol. The maximum absolute atomic E-state index is 10.4. The molecule has 0 bridgehead atoms. The monoisotopic (exact) mass is 279 g/mol. The van der Waals surface area contributed by atoms with Crippen LogP contribution in [0.3, 0.4) is 0 Å². The second kappa shape index (κ2) is 6.78. The van der Waals surface area contributed by atoms with Crippen LogP contribution in [0.2, 0.25) is 0 Å². The fourth-order valence-corrected chi connectivity index (χ4v) is 1.75. The standard InChI is InChI=1S/C12H17N5O3/c1-2-10-14-15-11(20-10)8-17-7-9(13-16-17)5-3-4-6-12(18)19/h7H,2-6,8H2,1H3,(H,18,19). The second-order valence-electron chi connectivity index (χ2n) is 4.45. The topological polar surface area (TPSA) is 107 Å². The lowest BCUT2D eigenvalue weighted by molar-refractivity contribution is -0.137. The molecule has 2 aromatic rings. The molecular formula is C12H17N5O3. The van der Waals surface area contributed by atoms with Gasteiger partial charge in [-0.2, -0.15) is 0 Å². The van der Waals surface area contributed by atoms with Gasteiger partial charge in [0, 0.05) is 19.0 Å². The van der Waals surface area contributed by atoms with Crippen LogP contribution in [0.4, 0.5) is 0 Å². The molecule has 0 aliphatic rings. The van der Waals surface area contributed by atoms with Crippen molar-refractivity contribution in [3.8, 4) is 0 Å². The van der Waals surface area contributed by atoms with E-state index < -0.39 is 5.97 Å². The zero-order chi connectivity index (χ0) is 14.4. The van der Waals surface area contributed by atoms with Gasteiger partial charge >= 0.3 is 5.97 Å². The highest BCUT2D eigenvalue weighted by Crippen LogP contribution is 2.06. The summed E-state index contributed by atoms with van der Waals surface area (Å²) >= 11 is 0. The van der Waals surface area contributed by atoms with Crippen molar-refractivity contribution in [2.24, 2.45) is 0 Å². The van der Waals surface area contributed by atoms with Crippen LogP contribution in [0, 0.1) is 0 Å². The molecule has 0 unspecified atom stereocenters. The number of carboxylic acid groups (broad SMARTS) is 1. The highest BCUT2D eigenvalue weighted by atomic mass is 16.4. The fraction of sp³-hybridized carbons (Fsp3) is 0.583. The predicted octanol–water partition coefficient (Wildman–Crippen LogP) is 1.07. The highest BCUT2D eigenvalue weighted by Gasteiger charge is 2.07. The number of carboxylic acids is 1. The summed E-state index contributed by atoms with van der Waals surface area (Å²) in [5.74, 6) is 0.343. The number of aliphatic carboxylic acids is 1. The number of carbonyl (C=O) groups is 1. The summed E-state index contributed by atoms with van der Waals surface area (Å²) in [7, 11) is 0. The van der Waals surface area contributed by atoms with E-state index in [9.17, 15) is 4.79 Å². The molecule has 0 radical (unpaired) electrons. The van der Waals surface area contributed by atoms with E-state index >= 15 is 0 Å². The molecule has 0 atom stereocenters. The van der Waals surface area contributed by atoms with E-state index in [-0.39, 0.29) is 6.42 Å². The Bertz CT molecular complexity index is 563. The van der Waals surface area contributed by atoms with Crippen molar-refractivity contribution in [1.82, 2.24) is 25.2 Å². The number of hydrogen-bond acceptors (Lipinski definition) is 6. The summed E-state index contributed by atoms with van der Waals surface area (Å²) in [6, 6.07) is 0. The lowest BCUT2D eigenvalue weighted by Crippen LogP contribution is -2.00. The van der Waals surface area contributed by atoms with Crippen LogP contribution in [0.25, 0.3) is 0 Å². The first-order chi connectivity index (χ1) is 9.67. The molecule has 0 amide bonds. The molecule has 8 nitrogen and oxygen atoms in total. The molecule has 0 aliphatic heterocycles. The number of aromatic nitrogens is 5. The quantitative estimate of drug-likeness (QED) is 0.720. The minimum Gasteiger partial charge on any atom is -0.481 e. The summed E-state index contributed by atoms with van der Waals surface area (Å²) in [6.07, 6.45) is 4.86. The van der Waals surface area contributed by atoms with Crippen LogP contribution in [-0.2, 0) is 24.2 Å². The smallest absolute Gasteiger partial charge is 0.303 e. The van der Waals surface area contributed by atoms with Gasteiger partial charge < -0.3 is 9.52 Å². The van der Waals surface area contributed by atoms with Crippen LogP contribution in [0.5, 0.6) is 0 Å². The van der Waals surface area contributed by atoms with Gasteiger partial charge in [-0.25, -0.2) is 4.68 Å². The lowest BCUT2D eigenvalue weighted by Gasteiger charge is -1.95. The summed E-state index contributed by atoms with van der Waals surface area (Å²) in [5, 5.41) is 24.4. The average molecular weight is 279 g/mol. The molecule has 2 rings (SSSR count). The third kappa shape index (κ3) is 4.15. The van der Waals surface area contributed by atoms with Gasteiger partial charge in [-0.3, -0.25) is 4.79 Å². The van der Waals surface area contributed by atoms with Crippen LogP contribution in [0.15, 0.2) is 10.6 Å². The van der Waals surface area contributed by atoms with E-state index in [0.29, 0.717) is 31.2 Å². The third-order valence-electron chi connectivity index (χ3n) is 2.77. The first-order valence-corrected chi connectivity index (χ1v) is 6.59. The molecule has 2 heterocycles. The molecule has 8 heteroatoms. The van der Waals surface area contributed by atoms with Crippen LogP contribution in [-0.4, -0.2) is 36.3 Å². The zero-order valence-electron chi connectivity index (χ0n) is 11.3. The van der Waals surface area contributed by atoms with Gasteiger partial charge in [-0.05, 0) is 19.3 Å². The molecule has 0 fully saturated rings. The van der Waals surface area contributed by atoms with E-state index in [1.807, 2.05) is 13.1 Å². The number of unbranched alkanes of at least 4 members (excludes halogenated alkanes) is 1. The maximum Gasteiger partial charge on any atom is 0.303 e. The molecule has 2 aromatic heterocycles. The van der Waals surface area contributed by atoms with E-state index in [4.69, 9.17) is 9.52 Å². The van der Waals surface area contributed by atoms with Crippen LogP contribution in [0.1, 0.15) is 43.7 Å². The van der Waals surface area contributed by atoms with E-state index in [1.54, 1.807) is 4.68 Å². The van der Waals surface area contributed by atoms with Crippen LogP contribution >= 0.6 is 0 Å². The van der Waals surface area contributed by atoms with Gasteiger partial charge in [0.15, 0.2) is 0 Å². The van der Waals surface area contributed by atoms with Crippen molar-refractivity contribution in [3.63, 3.8) is 0 Å². The van der Waals surface area contributed by atoms with E-state index in [0.717, 1.165) is 18.5 Å². The SMILES string of the molecule is CCc1nnc(Cn2cc(CCCCC(=O)O)nn2)o1. The minimum absolute atomic E-state index is 0.190. The number of nitrogens with zero attached hydrogens (tertiary/aromatic N) is 5. The summed E-state index contributed by atoms with van der Waals surface area (Å²) in [6.45, 7) is 2.34. The Morgan fingerprint density at radius 2 is 2.10 bits per heavy atom. The van der Waals surface area contributed by atoms with Crippen molar-refractivity contribution in [1.29, 1.82) is 0 Å². The predicted molar refractivity (Wildman–Crippen MR) is 68.0 cm³/mol. The van der Waals surface area contributed by atoms with E-state index in [2.05, 4.69) is 20.5 Å². The molecule has 0 aliphatic carbocycles. The lowest BCUT2D eigenvalue weighted by atomic mass is 10.1. The van der Waals surface area contributed by atoms with Gasteiger partial charge in [0.05, 0.1) is 5.69 Å². The van der Waals surface area contributed by atoms with Crippen molar-refractivity contribution in [2.45, 2.75) is 45.6 Å². The van der Waals surface area contributed by atoms with Crippen LogP contribution < -0.4 is 0 Å². The molecule has 20 heavy (non-hydrogen) atoms. The fourth-order valence-electron chi connectivity index (χ4n) is 1.75. The maximum atomic E-state index is 10.4. The largest absolute Gasteiger partial charge is 0.481 e. The Labute approximate surface area is 115 Å². The molecule has 1 N–H and O–H groups in total. The summed E-state index contributed by atoms with van der Waals surface area (Å²) in [4.78, 5) is 10.4. The van der Waals surface area contributed by atoms with Gasteiger partial charge in [0.25, 0.3) is 0 Å². The average Bonchev–Trinajstić information content (AvgIpc) is 3.04.